The van der Waals surface area contributed by atoms with E-state index >= 15 is 0 Å². The monoisotopic (exact) mass is 618 g/mol. The van der Waals surface area contributed by atoms with Gasteiger partial charge < -0.3 is 30.1 Å². The van der Waals surface area contributed by atoms with E-state index < -0.39 is 6.09 Å². The molecule has 2 aromatic rings. The van der Waals surface area contributed by atoms with Crippen molar-refractivity contribution in [2.24, 2.45) is 5.92 Å². The third-order valence-electron chi connectivity index (χ3n) is 9.42. The van der Waals surface area contributed by atoms with Crippen LogP contribution in [0.4, 0.5) is 10.5 Å². The fraction of sp³-hybridized carbons (Fsp3) is 0.571. The van der Waals surface area contributed by atoms with Crippen LogP contribution in [0.25, 0.3) is 11.1 Å². The topological polar surface area (TPSA) is 106 Å². The maximum absolute atomic E-state index is 12.8. The normalized spacial score (nSPS) is 22.0. The van der Waals surface area contributed by atoms with Crippen molar-refractivity contribution < 1.29 is 19.1 Å². The molecule has 3 fully saturated rings. The second kappa shape index (κ2) is 16.8. The molecule has 2 aromatic carbocycles. The highest BCUT2D eigenvalue weighted by molar-refractivity contribution is 5.91. The Hall–Kier alpha value is -3.31. The molecule has 0 aromatic heterocycles. The van der Waals surface area contributed by atoms with Gasteiger partial charge in [0.25, 0.3) is 0 Å². The first-order chi connectivity index (χ1) is 21.9. The van der Waals surface area contributed by atoms with Crippen LogP contribution in [0.5, 0.6) is 0 Å². The second-order valence-corrected chi connectivity index (χ2v) is 12.7. The van der Waals surface area contributed by atoms with Crippen molar-refractivity contribution >= 4 is 23.5 Å². The average molecular weight is 619 g/mol. The Balaban J connectivity index is 0.925. The highest BCUT2D eigenvalue weighted by atomic mass is 16.6. The molecule has 3 aliphatic rings. The fourth-order valence-electron chi connectivity index (χ4n) is 6.75. The van der Waals surface area contributed by atoms with Crippen LogP contribution in [0.15, 0.2) is 54.6 Å². The Morgan fingerprint density at radius 2 is 1.64 bits per heavy atom. The van der Waals surface area contributed by atoms with Gasteiger partial charge in [0, 0.05) is 64.8 Å². The van der Waals surface area contributed by atoms with E-state index in [1.54, 1.807) is 6.92 Å². The molecule has 2 atom stereocenters. The Labute approximate surface area is 267 Å². The number of carbonyl (C=O) groups excluding carboxylic acids is 3. The van der Waals surface area contributed by atoms with Gasteiger partial charge in [-0.3, -0.25) is 14.9 Å². The van der Waals surface area contributed by atoms with Crippen molar-refractivity contribution in [1.82, 2.24) is 25.3 Å². The van der Waals surface area contributed by atoms with Gasteiger partial charge in [0.1, 0.15) is 6.10 Å². The summed E-state index contributed by atoms with van der Waals surface area (Å²) < 4.78 is 5.77. The summed E-state index contributed by atoms with van der Waals surface area (Å²) >= 11 is 0. The number of nitrogens with one attached hydrogen (secondary N) is 3. The van der Waals surface area contributed by atoms with Gasteiger partial charge in [-0.2, -0.15) is 0 Å². The molecule has 10 nitrogen and oxygen atoms in total. The number of carbonyl (C=O) groups is 3. The van der Waals surface area contributed by atoms with Crippen molar-refractivity contribution in [2.45, 2.75) is 51.2 Å². The first kappa shape index (κ1) is 33.1. The summed E-state index contributed by atoms with van der Waals surface area (Å²) in [5, 5.41) is 9.79. The highest BCUT2D eigenvalue weighted by Crippen LogP contribution is 2.28. The number of benzene rings is 2. The zero-order chi connectivity index (χ0) is 31.4. The summed E-state index contributed by atoms with van der Waals surface area (Å²) in [5.41, 5.74) is 2.75. The minimum absolute atomic E-state index is 0.0650. The lowest BCUT2D eigenvalue weighted by Gasteiger charge is -2.33. The summed E-state index contributed by atoms with van der Waals surface area (Å²) in [5.74, 6) is 0.963. The SMILES string of the molecule is CC(=O)N1CCCN(CC2CCC(C(=O)CNCCN3CCC(OC(=O)Nc4ccccc4-c4ccccc4)CC3)NC2)CC1. The van der Waals surface area contributed by atoms with Crippen molar-refractivity contribution in [1.29, 1.82) is 0 Å². The number of ether oxygens (including phenoxy) is 1. The number of ketones is 1. The molecular weight excluding hydrogens is 568 g/mol. The van der Waals surface area contributed by atoms with E-state index in [1.165, 1.54) is 0 Å². The lowest BCUT2D eigenvalue weighted by molar-refractivity contribution is -0.128. The quantitative estimate of drug-likeness (QED) is 0.329. The first-order valence-corrected chi connectivity index (χ1v) is 16.7. The largest absolute Gasteiger partial charge is 0.446 e. The Morgan fingerprint density at radius 3 is 2.40 bits per heavy atom. The molecular formula is C35H50N6O4. The number of nitrogens with zero attached hydrogens (tertiary/aromatic N) is 3. The summed E-state index contributed by atoms with van der Waals surface area (Å²) in [6.07, 6.45) is 4.06. The van der Waals surface area contributed by atoms with Gasteiger partial charge >= 0.3 is 6.09 Å². The molecule has 0 aliphatic carbocycles. The minimum Gasteiger partial charge on any atom is -0.446 e. The third kappa shape index (κ3) is 10.1. The van der Waals surface area contributed by atoms with Crippen molar-refractivity contribution in [3.8, 4) is 11.1 Å². The smallest absolute Gasteiger partial charge is 0.411 e. The predicted octanol–water partition coefficient (Wildman–Crippen LogP) is 3.45. The molecule has 45 heavy (non-hydrogen) atoms. The van der Waals surface area contributed by atoms with Gasteiger partial charge in [0.2, 0.25) is 5.91 Å². The van der Waals surface area contributed by atoms with Gasteiger partial charge in [-0.05, 0) is 62.7 Å². The van der Waals surface area contributed by atoms with Gasteiger partial charge in [-0.1, -0.05) is 48.5 Å². The lowest BCUT2D eigenvalue weighted by atomic mass is 9.92. The van der Waals surface area contributed by atoms with E-state index in [1.807, 2.05) is 59.5 Å². The number of para-hydroxylation sites is 1. The third-order valence-corrected chi connectivity index (χ3v) is 9.42. The maximum atomic E-state index is 12.8. The Morgan fingerprint density at radius 1 is 0.867 bits per heavy atom. The number of piperidine rings is 2. The molecule has 0 bridgehead atoms. The zero-order valence-corrected chi connectivity index (χ0v) is 26.7. The predicted molar refractivity (Wildman–Crippen MR) is 177 cm³/mol. The average Bonchev–Trinajstić information content (AvgIpc) is 3.30. The van der Waals surface area contributed by atoms with Crippen LogP contribution in [-0.2, 0) is 14.3 Å². The van der Waals surface area contributed by atoms with Crippen molar-refractivity contribution in [3.05, 3.63) is 54.6 Å². The Bertz CT molecular complexity index is 1240. The standard InChI is InChI=1S/C35H50N6O4/c1-27(42)41-18-7-17-40(22-23-41)26-28-12-13-33(37-24-28)34(43)25-36-16-21-39-19-14-30(15-20-39)45-35(44)38-32-11-6-5-10-31(32)29-8-3-2-4-9-29/h2-6,8-11,28,30,33,36-37H,7,12-26H2,1H3,(H,38,44). The summed E-state index contributed by atoms with van der Waals surface area (Å²) in [7, 11) is 0. The minimum atomic E-state index is -0.414. The first-order valence-electron chi connectivity index (χ1n) is 16.7. The van der Waals surface area contributed by atoms with Gasteiger partial charge in [-0.15, -0.1) is 0 Å². The lowest BCUT2D eigenvalue weighted by Crippen LogP contribution is -2.49. The van der Waals surface area contributed by atoms with Gasteiger partial charge in [0.15, 0.2) is 5.78 Å². The molecule has 2 unspecified atom stereocenters. The van der Waals surface area contributed by atoms with E-state index in [0.29, 0.717) is 12.5 Å². The fourth-order valence-corrected chi connectivity index (χ4v) is 6.75. The van der Waals surface area contributed by atoms with Crippen molar-refractivity contribution in [2.75, 3.05) is 77.3 Å². The van der Waals surface area contributed by atoms with E-state index in [4.69, 9.17) is 4.74 Å². The molecule has 3 heterocycles. The molecule has 3 aliphatic heterocycles. The highest BCUT2D eigenvalue weighted by Gasteiger charge is 2.28. The van der Waals surface area contributed by atoms with Crippen LogP contribution in [0.1, 0.15) is 39.0 Å². The molecule has 3 N–H and O–H groups in total. The van der Waals surface area contributed by atoms with Crippen molar-refractivity contribution in [3.63, 3.8) is 0 Å². The molecule has 0 spiro atoms. The van der Waals surface area contributed by atoms with Gasteiger partial charge in [0.05, 0.1) is 18.3 Å². The zero-order valence-electron chi connectivity index (χ0n) is 26.7. The number of hydrogen-bond acceptors (Lipinski definition) is 8. The number of anilines is 1. The number of rotatable bonds is 11. The maximum Gasteiger partial charge on any atom is 0.411 e. The molecule has 0 saturated carbocycles. The second-order valence-electron chi connectivity index (χ2n) is 12.7. The number of hydrogen-bond donors (Lipinski definition) is 3. The molecule has 244 valence electrons. The number of Topliss-reactive ketones (excluding diaryl/α,β-unsaturated/α-hetero) is 1. The molecule has 0 radical (unpaired) electrons. The van der Waals surface area contributed by atoms with Crippen LogP contribution < -0.4 is 16.0 Å². The molecule has 3 saturated heterocycles. The van der Waals surface area contributed by atoms with E-state index in [0.717, 1.165) is 114 Å². The van der Waals surface area contributed by atoms with Crippen LogP contribution in [0.3, 0.4) is 0 Å². The summed E-state index contributed by atoms with van der Waals surface area (Å²) in [6, 6.07) is 17.7. The van der Waals surface area contributed by atoms with E-state index in [2.05, 4.69) is 25.8 Å². The van der Waals surface area contributed by atoms with E-state index in [9.17, 15) is 14.4 Å². The van der Waals surface area contributed by atoms with Crippen LogP contribution >= 0.6 is 0 Å². The summed E-state index contributed by atoms with van der Waals surface area (Å²) in [6.45, 7) is 11.0. The van der Waals surface area contributed by atoms with E-state index in [-0.39, 0.29) is 23.8 Å². The number of likely N-dealkylation sites (tertiary alicyclic amines) is 1. The summed E-state index contributed by atoms with van der Waals surface area (Å²) in [4.78, 5) is 44.0. The number of amides is 2. The Kier molecular flexibility index (Phi) is 12.4. The van der Waals surface area contributed by atoms with Gasteiger partial charge in [-0.25, -0.2) is 4.79 Å². The van der Waals surface area contributed by atoms with Crippen LogP contribution in [0, 0.1) is 5.92 Å². The molecule has 5 rings (SSSR count). The van der Waals surface area contributed by atoms with Crippen LogP contribution in [0.2, 0.25) is 0 Å². The molecule has 2 amide bonds. The molecule has 10 heteroatoms. The van der Waals surface area contributed by atoms with Crippen LogP contribution in [-0.4, -0.2) is 117 Å².